The van der Waals surface area contributed by atoms with Crippen LogP contribution in [0.15, 0.2) is 17.1 Å². The number of aliphatic hydroxyl groups is 1. The van der Waals surface area contributed by atoms with Gasteiger partial charge in [-0.15, -0.1) is 0 Å². The molecule has 0 saturated carbocycles. The van der Waals surface area contributed by atoms with Crippen LogP contribution in [0.1, 0.15) is 18.7 Å². The van der Waals surface area contributed by atoms with Gasteiger partial charge in [0.05, 0.1) is 12.3 Å². The zero-order chi connectivity index (χ0) is 12.3. The van der Waals surface area contributed by atoms with Crippen molar-refractivity contribution in [2.75, 3.05) is 6.61 Å². The zero-order valence-corrected chi connectivity index (χ0v) is 8.75. The van der Waals surface area contributed by atoms with Crippen molar-refractivity contribution < 1.29 is 20.1 Å². The molecule has 1 aromatic heterocycles. The van der Waals surface area contributed by atoms with Gasteiger partial charge in [0.25, 0.3) is 0 Å². The molecule has 0 aliphatic carbocycles. The Morgan fingerprint density at radius 1 is 1.56 bits per heavy atom. The van der Waals surface area contributed by atoms with Crippen LogP contribution in [-0.2, 0) is 11.2 Å². The normalized spacial score (nSPS) is 12.4. The van der Waals surface area contributed by atoms with E-state index >= 15 is 0 Å². The average molecular weight is 227 g/mol. The molecule has 0 spiro atoms. The van der Waals surface area contributed by atoms with Crippen molar-refractivity contribution in [1.29, 1.82) is 0 Å². The molecule has 0 saturated heterocycles. The van der Waals surface area contributed by atoms with E-state index in [1.54, 1.807) is 6.92 Å². The van der Waals surface area contributed by atoms with Gasteiger partial charge in [0.15, 0.2) is 11.8 Å². The molecule has 1 aromatic rings. The number of hydrogen-bond acceptors (Lipinski definition) is 4. The molecule has 1 unspecified atom stereocenters. The first-order chi connectivity index (χ1) is 7.52. The van der Waals surface area contributed by atoms with E-state index in [2.05, 4.69) is 0 Å². The molecular formula is C10H13NO5. The van der Waals surface area contributed by atoms with Gasteiger partial charge in [-0.25, -0.2) is 4.79 Å². The van der Waals surface area contributed by atoms with Crippen LogP contribution < -0.4 is 5.43 Å². The molecule has 0 fully saturated rings. The molecule has 3 N–H and O–H groups in total. The second-order valence-corrected chi connectivity index (χ2v) is 3.27. The van der Waals surface area contributed by atoms with Gasteiger partial charge in [0.1, 0.15) is 0 Å². The monoisotopic (exact) mass is 227 g/mol. The highest BCUT2D eigenvalue weighted by atomic mass is 16.4. The Morgan fingerprint density at radius 2 is 2.19 bits per heavy atom. The third-order valence-electron chi connectivity index (χ3n) is 2.33. The van der Waals surface area contributed by atoms with Crippen LogP contribution >= 0.6 is 0 Å². The number of carboxylic acids is 1. The molecule has 0 aromatic carbocycles. The van der Waals surface area contributed by atoms with Gasteiger partial charge in [-0.3, -0.25) is 4.79 Å². The summed E-state index contributed by atoms with van der Waals surface area (Å²) in [5.74, 6) is -1.69. The molecule has 0 aliphatic rings. The van der Waals surface area contributed by atoms with Crippen molar-refractivity contribution >= 4 is 5.97 Å². The van der Waals surface area contributed by atoms with Gasteiger partial charge in [-0.05, 0) is 6.42 Å². The van der Waals surface area contributed by atoms with E-state index in [0.29, 0.717) is 6.42 Å². The predicted octanol–water partition coefficient (Wildman–Crippen LogP) is -0.266. The Morgan fingerprint density at radius 3 is 2.62 bits per heavy atom. The summed E-state index contributed by atoms with van der Waals surface area (Å²) < 4.78 is 1.19. The Bertz CT molecular complexity index is 451. The van der Waals surface area contributed by atoms with E-state index < -0.39 is 29.8 Å². The average Bonchev–Trinajstić information content (AvgIpc) is 2.24. The lowest BCUT2D eigenvalue weighted by Crippen LogP contribution is -2.26. The summed E-state index contributed by atoms with van der Waals surface area (Å²) in [5.41, 5.74) is -0.357. The van der Waals surface area contributed by atoms with Crippen molar-refractivity contribution in [2.24, 2.45) is 0 Å². The summed E-state index contributed by atoms with van der Waals surface area (Å²) in [6, 6.07) is -0.124. The Balaban J connectivity index is 3.38. The van der Waals surface area contributed by atoms with Crippen molar-refractivity contribution in [3.05, 3.63) is 28.2 Å². The van der Waals surface area contributed by atoms with E-state index in [1.165, 1.54) is 10.8 Å². The van der Waals surface area contributed by atoms with Gasteiger partial charge in [0, 0.05) is 12.3 Å². The zero-order valence-electron chi connectivity index (χ0n) is 8.75. The Hall–Kier alpha value is -1.82. The second-order valence-electron chi connectivity index (χ2n) is 3.27. The van der Waals surface area contributed by atoms with Crippen molar-refractivity contribution in [3.8, 4) is 5.75 Å². The number of carboxylic acid groups (broad SMARTS) is 1. The Kier molecular flexibility index (Phi) is 3.68. The van der Waals surface area contributed by atoms with E-state index in [1.807, 2.05) is 0 Å². The first-order valence-electron chi connectivity index (χ1n) is 4.79. The topological polar surface area (TPSA) is 99.8 Å². The fraction of sp³-hybridized carbons (Fsp3) is 0.400. The van der Waals surface area contributed by atoms with Crippen LogP contribution in [0.3, 0.4) is 0 Å². The summed E-state index contributed by atoms with van der Waals surface area (Å²) in [6.45, 7) is 1.08. The van der Waals surface area contributed by atoms with Crippen LogP contribution in [-0.4, -0.2) is 32.5 Å². The first-order valence-corrected chi connectivity index (χ1v) is 4.79. The SMILES string of the molecule is CCc1c(O)c(=O)ccn1C(CO)C(=O)O. The van der Waals surface area contributed by atoms with Crippen LogP contribution in [0.2, 0.25) is 0 Å². The van der Waals surface area contributed by atoms with Crippen LogP contribution in [0.25, 0.3) is 0 Å². The van der Waals surface area contributed by atoms with E-state index in [0.717, 1.165) is 6.07 Å². The third-order valence-corrected chi connectivity index (χ3v) is 2.33. The molecule has 88 valence electrons. The van der Waals surface area contributed by atoms with E-state index in [9.17, 15) is 14.7 Å². The molecule has 16 heavy (non-hydrogen) atoms. The molecule has 1 heterocycles. The fourth-order valence-corrected chi connectivity index (χ4v) is 1.51. The number of aromatic hydroxyl groups is 1. The predicted molar refractivity (Wildman–Crippen MR) is 55.5 cm³/mol. The lowest BCUT2D eigenvalue weighted by atomic mass is 10.2. The van der Waals surface area contributed by atoms with Gasteiger partial charge >= 0.3 is 5.97 Å². The number of carbonyl (C=O) groups is 1. The number of pyridine rings is 1. The highest BCUT2D eigenvalue weighted by Gasteiger charge is 2.21. The molecule has 1 rings (SSSR count). The maximum absolute atomic E-state index is 11.2. The quantitative estimate of drug-likeness (QED) is 0.657. The maximum atomic E-state index is 11.2. The highest BCUT2D eigenvalue weighted by Crippen LogP contribution is 2.17. The van der Waals surface area contributed by atoms with Gasteiger partial charge < -0.3 is 19.9 Å². The molecule has 1 atom stereocenters. The first kappa shape index (κ1) is 12.3. The molecule has 6 heteroatoms. The number of aliphatic hydroxyl groups excluding tert-OH is 1. The second kappa shape index (κ2) is 4.80. The smallest absolute Gasteiger partial charge is 0.329 e. The minimum absolute atomic E-state index is 0.203. The summed E-state index contributed by atoms with van der Waals surface area (Å²) in [5, 5.41) is 27.3. The number of rotatable bonds is 4. The highest BCUT2D eigenvalue weighted by molar-refractivity contribution is 5.72. The molecule has 0 radical (unpaired) electrons. The van der Waals surface area contributed by atoms with Crippen LogP contribution in [0.4, 0.5) is 0 Å². The Labute approximate surface area is 91.4 Å². The van der Waals surface area contributed by atoms with Crippen LogP contribution in [0, 0.1) is 0 Å². The third kappa shape index (κ3) is 2.06. The number of hydrogen-bond donors (Lipinski definition) is 3. The minimum Gasteiger partial charge on any atom is -0.503 e. The summed E-state index contributed by atoms with van der Waals surface area (Å²) in [6.07, 6.45) is 1.56. The maximum Gasteiger partial charge on any atom is 0.329 e. The lowest BCUT2D eigenvalue weighted by molar-refractivity contribution is -0.142. The van der Waals surface area contributed by atoms with Crippen molar-refractivity contribution in [1.82, 2.24) is 4.57 Å². The molecule has 6 nitrogen and oxygen atoms in total. The largest absolute Gasteiger partial charge is 0.503 e. The van der Waals surface area contributed by atoms with Crippen molar-refractivity contribution in [3.63, 3.8) is 0 Å². The summed E-state index contributed by atoms with van der Waals surface area (Å²) >= 11 is 0. The van der Waals surface area contributed by atoms with Crippen molar-refractivity contribution in [2.45, 2.75) is 19.4 Å². The standard InChI is InChI=1S/C10H13NO5/c1-2-6-9(14)8(13)3-4-11(6)7(5-12)10(15)16/h3-4,7,12,14H,2,5H2,1H3,(H,15,16). The molecule has 0 aliphatic heterocycles. The van der Waals surface area contributed by atoms with Gasteiger partial charge in [-0.2, -0.15) is 0 Å². The summed E-state index contributed by atoms with van der Waals surface area (Å²) in [7, 11) is 0. The molecule has 0 bridgehead atoms. The number of aliphatic carboxylic acids is 1. The van der Waals surface area contributed by atoms with Gasteiger partial charge in [-0.1, -0.05) is 6.92 Å². The summed E-state index contributed by atoms with van der Waals surface area (Å²) in [4.78, 5) is 22.0. The molecule has 0 amide bonds. The minimum atomic E-state index is -1.22. The fourth-order valence-electron chi connectivity index (χ4n) is 1.51. The van der Waals surface area contributed by atoms with E-state index in [4.69, 9.17) is 10.2 Å². The van der Waals surface area contributed by atoms with Gasteiger partial charge in [0.2, 0.25) is 5.43 Å². The van der Waals surface area contributed by atoms with E-state index in [-0.39, 0.29) is 5.69 Å². The van der Waals surface area contributed by atoms with Crippen LogP contribution in [0.5, 0.6) is 5.75 Å². The lowest BCUT2D eigenvalue weighted by Gasteiger charge is -2.18. The molecular weight excluding hydrogens is 214 g/mol. The number of nitrogens with zero attached hydrogens (tertiary/aromatic N) is 1. The number of aromatic nitrogens is 1.